The zero-order valence-electron chi connectivity index (χ0n) is 15.2. The lowest BCUT2D eigenvalue weighted by molar-refractivity contribution is -0.129. The molecule has 0 aliphatic carbocycles. The van der Waals surface area contributed by atoms with Crippen LogP contribution in [0.25, 0.3) is 0 Å². The van der Waals surface area contributed by atoms with Gasteiger partial charge in [0.15, 0.2) is 0 Å². The Bertz CT molecular complexity index is 813. The Kier molecular flexibility index (Phi) is 7.42. The van der Waals surface area contributed by atoms with E-state index in [1.54, 1.807) is 30.4 Å². The number of hydrogen-bond donors (Lipinski definition) is 0. The van der Waals surface area contributed by atoms with Crippen molar-refractivity contribution in [2.45, 2.75) is 24.3 Å². The lowest BCUT2D eigenvalue weighted by Crippen LogP contribution is -2.33. The molecule has 4 nitrogen and oxygen atoms in total. The summed E-state index contributed by atoms with van der Waals surface area (Å²) in [5, 5.41) is 0. The number of thioether (sulfide) groups is 1. The lowest BCUT2D eigenvalue weighted by Gasteiger charge is -2.23. The first-order valence-corrected chi connectivity index (χ1v) is 10.0. The van der Waals surface area contributed by atoms with Gasteiger partial charge >= 0.3 is 0 Å². The predicted molar refractivity (Wildman–Crippen MR) is 109 cm³/mol. The molecular weight excluding hydrogens is 354 g/mol. The maximum absolute atomic E-state index is 12.8. The maximum atomic E-state index is 12.8. The highest BCUT2D eigenvalue weighted by molar-refractivity contribution is 8.00. The average molecular weight is 378 g/mol. The molecular formula is C22H23N3OS. The quantitative estimate of drug-likeness (QED) is 0.524. The Balaban J connectivity index is 1.58. The molecule has 3 rings (SSSR count). The fraction of sp³-hybridized carbons (Fsp3) is 0.227. The molecule has 0 fully saturated rings. The molecule has 0 N–H and O–H groups in total. The Morgan fingerprint density at radius 2 is 1.67 bits per heavy atom. The molecule has 138 valence electrons. The molecule has 5 heteroatoms. The molecule has 0 saturated carbocycles. The molecule has 0 aliphatic rings. The van der Waals surface area contributed by atoms with Crippen molar-refractivity contribution in [2.24, 2.45) is 0 Å². The second-order valence-electron chi connectivity index (χ2n) is 6.24. The number of nitrogens with zero attached hydrogens (tertiary/aromatic N) is 3. The number of rotatable bonds is 9. The molecule has 0 bridgehead atoms. The summed E-state index contributed by atoms with van der Waals surface area (Å²) in [5.41, 5.74) is 2.36. The van der Waals surface area contributed by atoms with Gasteiger partial charge in [0.1, 0.15) is 0 Å². The summed E-state index contributed by atoms with van der Waals surface area (Å²) in [7, 11) is 0. The number of carbonyl (C=O) groups excluding carboxylic acids is 1. The average Bonchev–Trinajstić information content (AvgIpc) is 2.73. The van der Waals surface area contributed by atoms with Crippen LogP contribution in [0.4, 0.5) is 0 Å². The van der Waals surface area contributed by atoms with Crippen LogP contribution in [0.2, 0.25) is 0 Å². The number of carbonyl (C=O) groups is 1. The van der Waals surface area contributed by atoms with Gasteiger partial charge in [-0.2, -0.15) is 0 Å². The van der Waals surface area contributed by atoms with Gasteiger partial charge in [-0.25, -0.2) is 0 Å². The van der Waals surface area contributed by atoms with E-state index in [2.05, 4.69) is 34.2 Å². The van der Waals surface area contributed by atoms with Crippen molar-refractivity contribution in [1.82, 2.24) is 14.9 Å². The third-order valence-corrected chi connectivity index (χ3v) is 5.19. The van der Waals surface area contributed by atoms with E-state index >= 15 is 0 Å². The van der Waals surface area contributed by atoms with Crippen molar-refractivity contribution in [1.29, 1.82) is 0 Å². The minimum absolute atomic E-state index is 0.147. The van der Waals surface area contributed by atoms with Crippen LogP contribution in [0.15, 0.2) is 84.3 Å². The van der Waals surface area contributed by atoms with Crippen LogP contribution in [0, 0.1) is 0 Å². The van der Waals surface area contributed by atoms with Gasteiger partial charge in [-0.1, -0.05) is 36.4 Å². The molecule has 0 aliphatic heterocycles. The predicted octanol–water partition coefficient (Wildman–Crippen LogP) is 4.23. The van der Waals surface area contributed by atoms with Gasteiger partial charge in [-0.15, -0.1) is 11.8 Å². The lowest BCUT2D eigenvalue weighted by atomic mass is 10.1. The smallest absolute Gasteiger partial charge is 0.233 e. The summed E-state index contributed by atoms with van der Waals surface area (Å²) in [6.45, 7) is 1.33. The Hall–Kier alpha value is -2.66. The van der Waals surface area contributed by atoms with Crippen molar-refractivity contribution in [3.63, 3.8) is 0 Å². The fourth-order valence-corrected chi connectivity index (χ4v) is 3.58. The minimum Gasteiger partial charge on any atom is -0.338 e. The largest absolute Gasteiger partial charge is 0.338 e. The molecule has 0 unspecified atom stereocenters. The Morgan fingerprint density at radius 1 is 0.889 bits per heavy atom. The van der Waals surface area contributed by atoms with Crippen LogP contribution >= 0.6 is 11.8 Å². The SMILES string of the molecule is O=C(CSc1ccncc1)N(CCCc1ccccc1)Cc1cccnc1. The van der Waals surface area contributed by atoms with E-state index in [-0.39, 0.29) is 5.91 Å². The first kappa shape index (κ1) is 19.1. The highest BCUT2D eigenvalue weighted by atomic mass is 32.2. The molecule has 0 spiro atoms. The van der Waals surface area contributed by atoms with E-state index in [1.165, 1.54) is 5.56 Å². The van der Waals surface area contributed by atoms with Gasteiger partial charge in [0.25, 0.3) is 0 Å². The molecule has 2 heterocycles. The zero-order chi connectivity index (χ0) is 18.7. The topological polar surface area (TPSA) is 46.1 Å². The van der Waals surface area contributed by atoms with Crippen molar-refractivity contribution in [3.05, 3.63) is 90.5 Å². The third kappa shape index (κ3) is 6.53. The standard InChI is InChI=1S/C22H23N3OS/c26-22(18-27-21-10-13-23-14-11-21)25(17-20-8-4-12-24-16-20)15-5-9-19-6-2-1-3-7-19/h1-4,6-8,10-14,16H,5,9,15,17-18H2. The molecule has 1 amide bonds. The zero-order valence-corrected chi connectivity index (χ0v) is 16.0. The summed E-state index contributed by atoms with van der Waals surface area (Å²) >= 11 is 1.55. The number of hydrogen-bond acceptors (Lipinski definition) is 4. The highest BCUT2D eigenvalue weighted by Crippen LogP contribution is 2.18. The third-order valence-electron chi connectivity index (χ3n) is 4.20. The first-order chi connectivity index (χ1) is 13.3. The molecule has 1 aromatic carbocycles. The molecule has 3 aromatic rings. The Labute approximate surface area is 164 Å². The van der Waals surface area contributed by atoms with Gasteiger partial charge in [0.2, 0.25) is 5.91 Å². The second-order valence-corrected chi connectivity index (χ2v) is 7.29. The van der Waals surface area contributed by atoms with E-state index < -0.39 is 0 Å². The normalized spacial score (nSPS) is 10.5. The van der Waals surface area contributed by atoms with Crippen molar-refractivity contribution < 1.29 is 4.79 Å². The molecule has 2 aromatic heterocycles. The fourth-order valence-electron chi connectivity index (χ4n) is 2.79. The van der Waals surface area contributed by atoms with Crippen LogP contribution in [-0.2, 0) is 17.8 Å². The van der Waals surface area contributed by atoms with Crippen LogP contribution in [0.3, 0.4) is 0 Å². The molecule has 0 radical (unpaired) electrons. The highest BCUT2D eigenvalue weighted by Gasteiger charge is 2.14. The maximum Gasteiger partial charge on any atom is 0.233 e. The summed E-state index contributed by atoms with van der Waals surface area (Å²) in [4.78, 5) is 24.0. The molecule has 0 atom stereocenters. The summed E-state index contributed by atoms with van der Waals surface area (Å²) < 4.78 is 0. The van der Waals surface area contributed by atoms with Crippen molar-refractivity contribution in [2.75, 3.05) is 12.3 Å². The van der Waals surface area contributed by atoms with Gasteiger partial charge in [-0.3, -0.25) is 14.8 Å². The van der Waals surface area contributed by atoms with Gasteiger partial charge in [-0.05, 0) is 42.2 Å². The first-order valence-electron chi connectivity index (χ1n) is 9.05. The molecule has 0 saturated heterocycles. The summed E-state index contributed by atoms with van der Waals surface area (Å²) in [5.74, 6) is 0.573. The number of benzene rings is 1. The van der Waals surface area contributed by atoms with Crippen LogP contribution in [-0.4, -0.2) is 33.1 Å². The van der Waals surface area contributed by atoms with Gasteiger partial charge in [0.05, 0.1) is 5.75 Å². The van der Waals surface area contributed by atoms with E-state index in [0.717, 1.165) is 29.8 Å². The number of pyridine rings is 2. The number of amides is 1. The van der Waals surface area contributed by atoms with Crippen LogP contribution < -0.4 is 0 Å². The van der Waals surface area contributed by atoms with E-state index in [4.69, 9.17) is 0 Å². The van der Waals surface area contributed by atoms with Gasteiger partial charge < -0.3 is 4.90 Å². The van der Waals surface area contributed by atoms with Crippen molar-refractivity contribution >= 4 is 17.7 Å². The van der Waals surface area contributed by atoms with Crippen molar-refractivity contribution in [3.8, 4) is 0 Å². The van der Waals surface area contributed by atoms with Crippen LogP contribution in [0.5, 0.6) is 0 Å². The van der Waals surface area contributed by atoms with E-state index in [1.807, 2.05) is 41.4 Å². The van der Waals surface area contributed by atoms with Crippen LogP contribution in [0.1, 0.15) is 17.5 Å². The Morgan fingerprint density at radius 3 is 2.41 bits per heavy atom. The summed E-state index contributed by atoms with van der Waals surface area (Å²) in [6.07, 6.45) is 8.99. The number of aryl methyl sites for hydroxylation is 1. The second kappa shape index (κ2) is 10.5. The minimum atomic E-state index is 0.147. The number of aromatic nitrogens is 2. The van der Waals surface area contributed by atoms with E-state index in [9.17, 15) is 4.79 Å². The van der Waals surface area contributed by atoms with E-state index in [0.29, 0.717) is 12.3 Å². The van der Waals surface area contributed by atoms with Gasteiger partial charge in [0, 0.05) is 42.8 Å². The summed E-state index contributed by atoms with van der Waals surface area (Å²) in [6, 6.07) is 18.2. The molecule has 27 heavy (non-hydrogen) atoms. The monoisotopic (exact) mass is 377 g/mol.